The largest absolute Gasteiger partial charge is 0.487 e. The lowest BCUT2D eigenvalue weighted by molar-refractivity contribution is 0.173. The summed E-state index contributed by atoms with van der Waals surface area (Å²) in [6.07, 6.45) is 2.40. The van der Waals surface area contributed by atoms with Gasteiger partial charge >= 0.3 is 5.56 Å². The minimum atomic E-state index is -3.40. The number of ether oxygens (including phenoxy) is 1. The number of nitrogens with zero attached hydrogens (tertiary/aromatic N) is 2. The summed E-state index contributed by atoms with van der Waals surface area (Å²) in [6, 6.07) is 8.73. The van der Waals surface area contributed by atoms with Crippen molar-refractivity contribution >= 4 is 9.84 Å². The Labute approximate surface area is 177 Å². The first kappa shape index (κ1) is 22.6. The molecule has 0 aliphatic rings. The van der Waals surface area contributed by atoms with Crippen molar-refractivity contribution in [2.75, 3.05) is 19.5 Å². The number of hydrogen-bond donors (Lipinski definition) is 1. The van der Waals surface area contributed by atoms with Gasteiger partial charge in [-0.3, -0.25) is 4.79 Å². The Kier molecular flexibility index (Phi) is 6.51. The van der Waals surface area contributed by atoms with Gasteiger partial charge in [0.1, 0.15) is 0 Å². The molecule has 3 aromatic rings. The Bertz CT molecular complexity index is 1260. The Hall–Kier alpha value is -3.11. The zero-order valence-corrected chi connectivity index (χ0v) is 17.6. The Morgan fingerprint density at radius 2 is 1.81 bits per heavy atom. The van der Waals surface area contributed by atoms with Gasteiger partial charge in [0.2, 0.25) is 0 Å². The molecule has 7 nitrogen and oxygen atoms in total. The van der Waals surface area contributed by atoms with Crippen LogP contribution in [-0.4, -0.2) is 42.8 Å². The number of aromatic nitrogens is 2. The highest BCUT2D eigenvalue weighted by Crippen LogP contribution is 2.28. The minimum Gasteiger partial charge on any atom is -0.487 e. The second kappa shape index (κ2) is 8.94. The SMILES string of the molecule is C[C@H](CO)COc1c(-c2ccc(S(C)(=O)=O)cc2)cnn(-c2ccc(F)c(F)c2)c1=O. The van der Waals surface area contributed by atoms with Gasteiger partial charge in [0.05, 0.1) is 23.4 Å². The van der Waals surface area contributed by atoms with Crippen LogP contribution in [0.3, 0.4) is 0 Å². The van der Waals surface area contributed by atoms with E-state index in [2.05, 4.69) is 5.10 Å². The quantitative estimate of drug-likeness (QED) is 0.594. The lowest BCUT2D eigenvalue weighted by Crippen LogP contribution is -2.25. The summed E-state index contributed by atoms with van der Waals surface area (Å²) < 4.78 is 56.8. The van der Waals surface area contributed by atoms with Gasteiger partial charge in [0, 0.05) is 30.4 Å². The fraction of sp³-hybridized carbons (Fsp3) is 0.238. The third kappa shape index (κ3) is 4.97. The highest BCUT2D eigenvalue weighted by atomic mass is 32.2. The maximum atomic E-state index is 13.6. The summed E-state index contributed by atoms with van der Waals surface area (Å²) in [5, 5.41) is 13.3. The van der Waals surface area contributed by atoms with E-state index < -0.39 is 27.0 Å². The van der Waals surface area contributed by atoms with Gasteiger partial charge in [-0.05, 0) is 29.8 Å². The second-order valence-corrected chi connectivity index (χ2v) is 9.11. The van der Waals surface area contributed by atoms with Gasteiger partial charge in [-0.2, -0.15) is 9.78 Å². The van der Waals surface area contributed by atoms with Crippen LogP contribution in [0.4, 0.5) is 8.78 Å². The van der Waals surface area contributed by atoms with Crippen molar-refractivity contribution in [1.29, 1.82) is 0 Å². The number of benzene rings is 2. The van der Waals surface area contributed by atoms with E-state index >= 15 is 0 Å². The Balaban J connectivity index is 2.13. The Morgan fingerprint density at radius 1 is 1.13 bits per heavy atom. The molecule has 31 heavy (non-hydrogen) atoms. The van der Waals surface area contributed by atoms with Crippen LogP contribution in [0.25, 0.3) is 16.8 Å². The molecule has 1 N–H and O–H groups in total. The van der Waals surface area contributed by atoms with Crippen LogP contribution in [0.15, 0.2) is 58.4 Å². The van der Waals surface area contributed by atoms with Crippen LogP contribution in [0.5, 0.6) is 5.75 Å². The van der Waals surface area contributed by atoms with Crippen LogP contribution >= 0.6 is 0 Å². The average Bonchev–Trinajstić information content (AvgIpc) is 2.74. The summed E-state index contributed by atoms with van der Waals surface area (Å²) in [4.78, 5) is 13.2. The third-order valence-electron chi connectivity index (χ3n) is 4.50. The molecule has 164 valence electrons. The first-order valence-corrected chi connectivity index (χ1v) is 11.1. The number of aliphatic hydroxyl groups is 1. The van der Waals surface area contributed by atoms with Gasteiger partial charge in [0.25, 0.3) is 0 Å². The predicted molar refractivity (Wildman–Crippen MR) is 110 cm³/mol. The zero-order valence-electron chi connectivity index (χ0n) is 16.7. The van der Waals surface area contributed by atoms with Crippen LogP contribution in [-0.2, 0) is 9.84 Å². The Morgan fingerprint density at radius 3 is 2.39 bits per heavy atom. The number of aliphatic hydroxyl groups excluding tert-OH is 1. The summed E-state index contributed by atoms with van der Waals surface area (Å²) in [6.45, 7) is 1.57. The summed E-state index contributed by atoms with van der Waals surface area (Å²) >= 11 is 0. The van der Waals surface area contributed by atoms with E-state index in [-0.39, 0.29) is 41.0 Å². The molecule has 0 fully saturated rings. The molecule has 0 radical (unpaired) electrons. The average molecular weight is 450 g/mol. The maximum Gasteiger partial charge on any atom is 0.314 e. The van der Waals surface area contributed by atoms with Crippen molar-refractivity contribution in [2.45, 2.75) is 11.8 Å². The molecule has 2 aromatic carbocycles. The van der Waals surface area contributed by atoms with E-state index in [0.29, 0.717) is 5.56 Å². The monoisotopic (exact) mass is 450 g/mol. The van der Waals surface area contributed by atoms with Crippen molar-refractivity contribution in [1.82, 2.24) is 9.78 Å². The predicted octanol–water partition coefficient (Wildman–Crippen LogP) is 2.59. The highest BCUT2D eigenvalue weighted by molar-refractivity contribution is 7.90. The van der Waals surface area contributed by atoms with E-state index in [9.17, 15) is 27.1 Å². The molecule has 10 heteroatoms. The topological polar surface area (TPSA) is 98.5 Å². The normalized spacial score (nSPS) is 12.5. The summed E-state index contributed by atoms with van der Waals surface area (Å²) in [5.74, 6) is -2.59. The molecule has 0 amide bonds. The first-order valence-electron chi connectivity index (χ1n) is 9.23. The number of sulfone groups is 1. The fourth-order valence-electron chi connectivity index (χ4n) is 2.74. The fourth-order valence-corrected chi connectivity index (χ4v) is 3.37. The lowest BCUT2D eigenvalue weighted by atomic mass is 10.1. The van der Waals surface area contributed by atoms with Gasteiger partial charge < -0.3 is 9.84 Å². The molecule has 1 atom stereocenters. The van der Waals surface area contributed by atoms with Gasteiger partial charge in [-0.15, -0.1) is 0 Å². The van der Waals surface area contributed by atoms with Gasteiger partial charge in [0.15, 0.2) is 27.2 Å². The molecule has 1 heterocycles. The molecule has 3 rings (SSSR count). The molecule has 0 aliphatic carbocycles. The molecule has 0 unspecified atom stereocenters. The van der Waals surface area contributed by atoms with Gasteiger partial charge in [-0.25, -0.2) is 17.2 Å². The minimum absolute atomic E-state index is 0.00271. The molecular formula is C21H20F2N2O5S. The molecule has 0 aliphatic heterocycles. The smallest absolute Gasteiger partial charge is 0.314 e. The van der Waals surface area contributed by atoms with E-state index in [0.717, 1.165) is 23.1 Å². The van der Waals surface area contributed by atoms with Crippen molar-refractivity contribution in [3.8, 4) is 22.6 Å². The van der Waals surface area contributed by atoms with Crippen molar-refractivity contribution in [2.24, 2.45) is 5.92 Å². The maximum absolute atomic E-state index is 13.6. The van der Waals surface area contributed by atoms with E-state index in [4.69, 9.17) is 4.74 Å². The van der Waals surface area contributed by atoms with E-state index in [1.54, 1.807) is 6.92 Å². The van der Waals surface area contributed by atoms with Crippen molar-refractivity contribution in [3.63, 3.8) is 0 Å². The van der Waals surface area contributed by atoms with Crippen LogP contribution < -0.4 is 10.3 Å². The molecule has 0 saturated carbocycles. The third-order valence-corrected chi connectivity index (χ3v) is 5.63. The number of rotatable bonds is 7. The van der Waals surface area contributed by atoms with Crippen LogP contribution in [0.2, 0.25) is 0 Å². The number of halogens is 2. The highest BCUT2D eigenvalue weighted by Gasteiger charge is 2.18. The van der Waals surface area contributed by atoms with E-state index in [1.165, 1.54) is 36.5 Å². The number of hydrogen-bond acceptors (Lipinski definition) is 6. The van der Waals surface area contributed by atoms with Crippen molar-refractivity contribution < 1.29 is 27.0 Å². The van der Waals surface area contributed by atoms with Gasteiger partial charge in [-0.1, -0.05) is 19.1 Å². The van der Waals surface area contributed by atoms with Crippen LogP contribution in [0, 0.1) is 17.6 Å². The molecule has 0 spiro atoms. The second-order valence-electron chi connectivity index (χ2n) is 7.10. The standard InChI is InChI=1S/C21H20F2N2O5S/c1-13(11-26)12-30-20-17(14-3-6-16(7-4-14)31(2,28)29)10-24-25(21(20)27)15-5-8-18(22)19(23)9-15/h3-10,13,26H,11-12H2,1-2H3/t13-/m1/s1. The lowest BCUT2D eigenvalue weighted by Gasteiger charge is -2.15. The summed E-state index contributed by atoms with van der Waals surface area (Å²) in [7, 11) is -3.40. The molecule has 1 aromatic heterocycles. The van der Waals surface area contributed by atoms with Crippen molar-refractivity contribution in [3.05, 3.63) is 70.6 Å². The first-order chi connectivity index (χ1) is 14.6. The van der Waals surface area contributed by atoms with E-state index in [1.807, 2.05) is 0 Å². The summed E-state index contributed by atoms with van der Waals surface area (Å²) in [5.41, 5.74) is 0.0406. The molecular weight excluding hydrogens is 430 g/mol. The zero-order chi connectivity index (χ0) is 22.8. The molecule has 0 saturated heterocycles. The molecule has 0 bridgehead atoms. The van der Waals surface area contributed by atoms with Crippen LogP contribution in [0.1, 0.15) is 6.92 Å².